The van der Waals surface area contributed by atoms with E-state index >= 15 is 0 Å². The third kappa shape index (κ3) is 3.19. The van der Waals surface area contributed by atoms with Crippen LogP contribution in [0.5, 0.6) is 0 Å². The number of hydrogen-bond donors (Lipinski definition) is 2. The van der Waals surface area contributed by atoms with Gasteiger partial charge in [0.1, 0.15) is 0 Å². The van der Waals surface area contributed by atoms with Crippen molar-refractivity contribution in [1.29, 1.82) is 0 Å². The minimum atomic E-state index is -0.195. The van der Waals surface area contributed by atoms with E-state index in [9.17, 15) is 4.79 Å². The third-order valence-electron chi connectivity index (χ3n) is 4.12. The number of aromatic nitrogens is 3. The number of allylic oxidation sites excluding steroid dienone is 1. The lowest BCUT2D eigenvalue weighted by Gasteiger charge is -2.19. The Labute approximate surface area is 155 Å². The number of halogens is 1. The van der Waals surface area contributed by atoms with Gasteiger partial charge in [0.25, 0.3) is 5.91 Å². The summed E-state index contributed by atoms with van der Waals surface area (Å²) in [7, 11) is 0. The van der Waals surface area contributed by atoms with Gasteiger partial charge in [0, 0.05) is 22.0 Å². The minimum Gasteiger partial charge on any atom is -0.328 e. The molecule has 2 heterocycles. The second kappa shape index (κ2) is 6.65. The number of nitrogens with one attached hydrogen (secondary N) is 2. The predicted molar refractivity (Wildman–Crippen MR) is 102 cm³/mol. The first-order valence-corrected chi connectivity index (χ1v) is 8.52. The summed E-state index contributed by atoms with van der Waals surface area (Å²) >= 11 is 5.97. The zero-order valence-electron chi connectivity index (χ0n) is 14.0. The highest BCUT2D eigenvalue weighted by atomic mass is 35.5. The molecule has 0 bridgehead atoms. The van der Waals surface area contributed by atoms with E-state index in [1.54, 1.807) is 28.9 Å². The molecule has 1 aliphatic heterocycles. The summed E-state index contributed by atoms with van der Waals surface area (Å²) in [6.07, 6.45) is 0. The van der Waals surface area contributed by atoms with Crippen molar-refractivity contribution in [3.05, 3.63) is 70.9 Å². The Bertz CT molecular complexity index is 1010. The maximum Gasteiger partial charge on any atom is 0.255 e. The molecular formula is C19H16ClN5O. The van der Waals surface area contributed by atoms with Crippen molar-refractivity contribution < 1.29 is 4.79 Å². The molecule has 0 spiro atoms. The number of carbonyl (C=O) groups excluding carboxylic acids is 1. The highest BCUT2D eigenvalue weighted by Crippen LogP contribution is 2.25. The monoisotopic (exact) mass is 365 g/mol. The van der Waals surface area contributed by atoms with Gasteiger partial charge >= 0.3 is 0 Å². The SMILES string of the molecule is CC1=C(C(=O)Nc2cccc(Cl)c2)Cn2nc(-c3ccccc3)nc2N1. The summed E-state index contributed by atoms with van der Waals surface area (Å²) in [5, 5.41) is 11.1. The quantitative estimate of drug-likeness (QED) is 0.737. The molecule has 1 amide bonds. The van der Waals surface area contributed by atoms with E-state index in [4.69, 9.17) is 11.6 Å². The predicted octanol–water partition coefficient (Wildman–Crippen LogP) is 3.94. The summed E-state index contributed by atoms with van der Waals surface area (Å²) in [5.41, 5.74) is 2.93. The number of carbonyl (C=O) groups is 1. The van der Waals surface area contributed by atoms with E-state index in [2.05, 4.69) is 20.7 Å². The second-order valence-electron chi connectivity index (χ2n) is 5.98. The molecule has 4 rings (SSSR count). The van der Waals surface area contributed by atoms with E-state index in [1.807, 2.05) is 37.3 Å². The van der Waals surface area contributed by atoms with Gasteiger partial charge in [0.15, 0.2) is 5.82 Å². The number of benzene rings is 2. The fourth-order valence-electron chi connectivity index (χ4n) is 2.78. The Morgan fingerprint density at radius 3 is 2.77 bits per heavy atom. The van der Waals surface area contributed by atoms with Gasteiger partial charge in [0.05, 0.1) is 12.1 Å². The zero-order valence-corrected chi connectivity index (χ0v) is 14.8. The van der Waals surface area contributed by atoms with Crippen molar-refractivity contribution in [2.45, 2.75) is 13.5 Å². The third-order valence-corrected chi connectivity index (χ3v) is 4.36. The van der Waals surface area contributed by atoms with E-state index in [0.717, 1.165) is 11.3 Å². The van der Waals surface area contributed by atoms with Gasteiger partial charge in [-0.05, 0) is 25.1 Å². The molecule has 130 valence electrons. The number of anilines is 2. The first-order valence-electron chi connectivity index (χ1n) is 8.14. The Kier molecular flexibility index (Phi) is 4.18. The number of amides is 1. The fraction of sp³-hybridized carbons (Fsp3) is 0.105. The molecule has 0 fully saturated rings. The van der Waals surface area contributed by atoms with Gasteiger partial charge in [-0.3, -0.25) is 4.79 Å². The Balaban J connectivity index is 1.56. The second-order valence-corrected chi connectivity index (χ2v) is 6.41. The van der Waals surface area contributed by atoms with E-state index in [1.165, 1.54) is 0 Å². The Morgan fingerprint density at radius 2 is 2.00 bits per heavy atom. The highest BCUT2D eigenvalue weighted by molar-refractivity contribution is 6.31. The topological polar surface area (TPSA) is 71.8 Å². The van der Waals surface area contributed by atoms with Crippen LogP contribution in [-0.4, -0.2) is 20.7 Å². The van der Waals surface area contributed by atoms with Gasteiger partial charge in [0.2, 0.25) is 5.95 Å². The van der Waals surface area contributed by atoms with Gasteiger partial charge < -0.3 is 10.6 Å². The average molecular weight is 366 g/mol. The van der Waals surface area contributed by atoms with Crippen LogP contribution in [0.15, 0.2) is 65.9 Å². The lowest BCUT2D eigenvalue weighted by Crippen LogP contribution is -2.26. The van der Waals surface area contributed by atoms with Gasteiger partial charge in [-0.2, -0.15) is 4.98 Å². The summed E-state index contributed by atoms with van der Waals surface area (Å²) < 4.78 is 1.70. The molecule has 0 unspecified atom stereocenters. The van der Waals surface area contributed by atoms with Gasteiger partial charge in [-0.1, -0.05) is 48.0 Å². The van der Waals surface area contributed by atoms with Gasteiger partial charge in [-0.25, -0.2) is 4.68 Å². The average Bonchev–Trinajstić information content (AvgIpc) is 3.04. The Hall–Kier alpha value is -3.12. The molecular weight excluding hydrogens is 350 g/mol. The maximum absolute atomic E-state index is 12.7. The smallest absolute Gasteiger partial charge is 0.255 e. The number of hydrogen-bond acceptors (Lipinski definition) is 4. The molecule has 2 aromatic carbocycles. The van der Waals surface area contributed by atoms with Gasteiger partial charge in [-0.15, -0.1) is 5.10 Å². The van der Waals surface area contributed by atoms with Crippen LogP contribution in [0.2, 0.25) is 5.02 Å². The van der Waals surface area contributed by atoms with Crippen LogP contribution in [0.3, 0.4) is 0 Å². The molecule has 6 nitrogen and oxygen atoms in total. The van der Waals surface area contributed by atoms with E-state index in [-0.39, 0.29) is 5.91 Å². The van der Waals surface area contributed by atoms with Crippen molar-refractivity contribution in [2.75, 3.05) is 10.6 Å². The molecule has 3 aromatic rings. The molecule has 1 aliphatic rings. The summed E-state index contributed by atoms with van der Waals surface area (Å²) in [6, 6.07) is 16.8. The standard InChI is InChI=1S/C19H16ClN5O/c1-12-16(18(26)22-15-9-5-8-14(20)10-15)11-25-19(21-12)23-17(24-25)13-6-3-2-4-7-13/h2-10H,11H2,1H3,(H,22,26)(H,21,23,24). The molecule has 26 heavy (non-hydrogen) atoms. The van der Waals surface area contributed by atoms with Crippen LogP contribution in [0.1, 0.15) is 6.92 Å². The van der Waals surface area contributed by atoms with Crippen molar-refractivity contribution in [2.24, 2.45) is 0 Å². The molecule has 0 saturated heterocycles. The maximum atomic E-state index is 12.7. The van der Waals surface area contributed by atoms with Crippen molar-refractivity contribution in [3.8, 4) is 11.4 Å². The number of nitrogens with zero attached hydrogens (tertiary/aromatic N) is 3. The van der Waals surface area contributed by atoms with Crippen LogP contribution in [0, 0.1) is 0 Å². The molecule has 0 atom stereocenters. The molecule has 7 heteroatoms. The lowest BCUT2D eigenvalue weighted by molar-refractivity contribution is -0.113. The van der Waals surface area contributed by atoms with Crippen LogP contribution in [-0.2, 0) is 11.3 Å². The van der Waals surface area contributed by atoms with E-state index < -0.39 is 0 Å². The fourth-order valence-corrected chi connectivity index (χ4v) is 2.97. The van der Waals surface area contributed by atoms with Crippen LogP contribution in [0.25, 0.3) is 11.4 Å². The normalized spacial score (nSPS) is 13.2. The zero-order chi connectivity index (χ0) is 18.1. The molecule has 2 N–H and O–H groups in total. The highest BCUT2D eigenvalue weighted by Gasteiger charge is 2.23. The van der Waals surface area contributed by atoms with Crippen LogP contribution >= 0.6 is 11.6 Å². The Morgan fingerprint density at radius 1 is 1.19 bits per heavy atom. The summed E-state index contributed by atoms with van der Waals surface area (Å²) in [4.78, 5) is 17.2. The summed E-state index contributed by atoms with van der Waals surface area (Å²) in [6.45, 7) is 2.20. The van der Waals surface area contributed by atoms with Crippen molar-refractivity contribution in [3.63, 3.8) is 0 Å². The van der Waals surface area contributed by atoms with Crippen LogP contribution < -0.4 is 10.6 Å². The van der Waals surface area contributed by atoms with Crippen LogP contribution in [0.4, 0.5) is 11.6 Å². The molecule has 0 aliphatic carbocycles. The number of fused-ring (bicyclic) bond motifs is 1. The van der Waals surface area contributed by atoms with E-state index in [0.29, 0.717) is 34.6 Å². The number of rotatable bonds is 3. The van der Waals surface area contributed by atoms with Crippen molar-refractivity contribution >= 4 is 29.1 Å². The summed E-state index contributed by atoms with van der Waals surface area (Å²) in [5.74, 6) is 1.05. The molecule has 0 saturated carbocycles. The first-order chi connectivity index (χ1) is 12.6. The van der Waals surface area contributed by atoms with Crippen molar-refractivity contribution in [1.82, 2.24) is 14.8 Å². The molecule has 0 radical (unpaired) electrons. The largest absolute Gasteiger partial charge is 0.328 e. The molecule has 1 aromatic heterocycles. The minimum absolute atomic E-state index is 0.195. The first kappa shape index (κ1) is 16.4. The lowest BCUT2D eigenvalue weighted by atomic mass is 10.1.